The Kier molecular flexibility index (Phi) is 3.31. The third-order valence-electron chi connectivity index (χ3n) is 4.50. The number of aromatic nitrogens is 2. The third kappa shape index (κ3) is 2.39. The minimum Gasteiger partial charge on any atom is -0.327 e. The molecule has 2 N–H and O–H groups in total. The summed E-state index contributed by atoms with van der Waals surface area (Å²) in [6.07, 6.45) is 3.61. The molecule has 1 aromatic carbocycles. The molecule has 102 valence electrons. The van der Waals surface area contributed by atoms with Crippen molar-refractivity contribution in [2.45, 2.75) is 45.7 Å². The molecule has 0 aliphatic heterocycles. The second-order valence-corrected chi connectivity index (χ2v) is 5.84. The first kappa shape index (κ1) is 12.7. The van der Waals surface area contributed by atoms with Crippen LogP contribution in [0, 0.1) is 11.8 Å². The summed E-state index contributed by atoms with van der Waals surface area (Å²) >= 11 is 0. The van der Waals surface area contributed by atoms with Crippen LogP contribution in [0.25, 0.3) is 10.9 Å². The van der Waals surface area contributed by atoms with Crippen LogP contribution in [-0.2, 0) is 13.0 Å². The van der Waals surface area contributed by atoms with Gasteiger partial charge in [0.25, 0.3) is 0 Å². The molecule has 2 aromatic rings. The van der Waals surface area contributed by atoms with E-state index in [1.54, 1.807) is 0 Å². The molecule has 1 aromatic heterocycles. The maximum absolute atomic E-state index is 6.38. The summed E-state index contributed by atoms with van der Waals surface area (Å²) in [6, 6.07) is 8.70. The lowest BCUT2D eigenvalue weighted by Crippen LogP contribution is -2.32. The van der Waals surface area contributed by atoms with Crippen LogP contribution >= 0.6 is 0 Å². The summed E-state index contributed by atoms with van der Waals surface area (Å²) < 4.78 is 2.08. The van der Waals surface area contributed by atoms with Gasteiger partial charge in [0.1, 0.15) is 0 Å². The maximum Gasteiger partial charge on any atom is 0.0718 e. The predicted octanol–water partition coefficient (Wildman–Crippen LogP) is 2.97. The first-order valence-electron chi connectivity index (χ1n) is 7.40. The van der Waals surface area contributed by atoms with Crippen molar-refractivity contribution in [2.75, 3.05) is 0 Å². The van der Waals surface area contributed by atoms with Gasteiger partial charge in [0, 0.05) is 24.4 Å². The number of rotatable bonds is 5. The van der Waals surface area contributed by atoms with Crippen molar-refractivity contribution in [3.8, 4) is 0 Å². The van der Waals surface area contributed by atoms with Crippen LogP contribution < -0.4 is 5.73 Å². The van der Waals surface area contributed by atoms with Gasteiger partial charge in [0.15, 0.2) is 0 Å². The molecule has 1 saturated carbocycles. The second-order valence-electron chi connectivity index (χ2n) is 5.84. The second kappa shape index (κ2) is 4.97. The van der Waals surface area contributed by atoms with Crippen molar-refractivity contribution in [3.63, 3.8) is 0 Å². The molecule has 1 aliphatic carbocycles. The van der Waals surface area contributed by atoms with E-state index in [-0.39, 0.29) is 6.04 Å². The number of fused-ring (bicyclic) bond motifs is 1. The fourth-order valence-corrected chi connectivity index (χ4v) is 2.97. The summed E-state index contributed by atoms with van der Waals surface area (Å²) in [6.45, 7) is 5.34. The number of para-hydroxylation sites is 1. The van der Waals surface area contributed by atoms with E-state index >= 15 is 0 Å². The van der Waals surface area contributed by atoms with Crippen molar-refractivity contribution in [2.24, 2.45) is 17.6 Å². The van der Waals surface area contributed by atoms with Gasteiger partial charge in [-0.2, -0.15) is 5.10 Å². The normalized spacial score (nSPS) is 18.7. The van der Waals surface area contributed by atoms with Crippen molar-refractivity contribution < 1.29 is 0 Å². The molecule has 1 aliphatic rings. The van der Waals surface area contributed by atoms with Crippen LogP contribution in [0.1, 0.15) is 32.4 Å². The summed E-state index contributed by atoms with van der Waals surface area (Å²) in [5.41, 5.74) is 8.77. The van der Waals surface area contributed by atoms with Crippen molar-refractivity contribution in [3.05, 3.63) is 30.0 Å². The maximum atomic E-state index is 6.38. The summed E-state index contributed by atoms with van der Waals surface area (Å²) in [5, 5.41) is 6.01. The summed E-state index contributed by atoms with van der Waals surface area (Å²) in [7, 11) is 0. The SMILES string of the molecule is CCn1nc(CC(N)C(C)C2CC2)c2ccccc21. The Labute approximate surface area is 114 Å². The van der Waals surface area contributed by atoms with Gasteiger partial charge in [-0.15, -0.1) is 0 Å². The van der Waals surface area contributed by atoms with Crippen LogP contribution in [0.4, 0.5) is 0 Å². The molecule has 2 unspecified atom stereocenters. The summed E-state index contributed by atoms with van der Waals surface area (Å²) in [4.78, 5) is 0. The Hall–Kier alpha value is -1.35. The van der Waals surface area contributed by atoms with Gasteiger partial charge in [-0.25, -0.2) is 0 Å². The number of nitrogens with two attached hydrogens (primary N) is 1. The largest absolute Gasteiger partial charge is 0.327 e. The highest BCUT2D eigenvalue weighted by Crippen LogP contribution is 2.38. The van der Waals surface area contributed by atoms with Gasteiger partial charge < -0.3 is 5.73 Å². The zero-order chi connectivity index (χ0) is 13.4. The molecule has 3 rings (SSSR count). The Bertz CT molecular complexity index is 568. The molecule has 0 amide bonds. The van der Waals surface area contributed by atoms with Crippen molar-refractivity contribution >= 4 is 10.9 Å². The summed E-state index contributed by atoms with van der Waals surface area (Å²) in [5.74, 6) is 1.47. The predicted molar refractivity (Wildman–Crippen MR) is 79.0 cm³/mol. The van der Waals surface area contributed by atoms with Crippen molar-refractivity contribution in [1.82, 2.24) is 9.78 Å². The van der Waals surface area contributed by atoms with Crippen LogP contribution in [0.3, 0.4) is 0 Å². The molecule has 1 fully saturated rings. The van der Waals surface area contributed by atoms with Gasteiger partial charge in [-0.1, -0.05) is 25.1 Å². The van der Waals surface area contributed by atoms with Crippen LogP contribution in [-0.4, -0.2) is 15.8 Å². The molecule has 3 heteroatoms. The van der Waals surface area contributed by atoms with E-state index in [2.05, 4.69) is 42.8 Å². The Morgan fingerprint density at radius 2 is 2.11 bits per heavy atom. The molecular formula is C16H23N3. The monoisotopic (exact) mass is 257 g/mol. The van der Waals surface area contributed by atoms with Crippen LogP contribution in [0.15, 0.2) is 24.3 Å². The zero-order valence-electron chi connectivity index (χ0n) is 11.8. The molecule has 3 nitrogen and oxygen atoms in total. The van der Waals surface area contributed by atoms with Crippen molar-refractivity contribution in [1.29, 1.82) is 0 Å². The molecule has 19 heavy (non-hydrogen) atoms. The number of hydrogen-bond acceptors (Lipinski definition) is 2. The van der Waals surface area contributed by atoms with Gasteiger partial charge in [-0.05, 0) is 37.7 Å². The topological polar surface area (TPSA) is 43.8 Å². The van der Waals surface area contributed by atoms with E-state index in [9.17, 15) is 0 Å². The lowest BCUT2D eigenvalue weighted by molar-refractivity contribution is 0.401. The smallest absolute Gasteiger partial charge is 0.0718 e. The average Bonchev–Trinajstić information content (AvgIpc) is 3.22. The van der Waals surface area contributed by atoms with E-state index in [1.165, 1.54) is 23.7 Å². The number of nitrogens with zero attached hydrogens (tertiary/aromatic N) is 2. The molecular weight excluding hydrogens is 234 g/mol. The van der Waals surface area contributed by atoms with Gasteiger partial charge in [-0.3, -0.25) is 4.68 Å². The Morgan fingerprint density at radius 1 is 1.37 bits per heavy atom. The number of aryl methyl sites for hydroxylation is 1. The first-order valence-corrected chi connectivity index (χ1v) is 7.40. The van der Waals surface area contributed by atoms with Crippen LogP contribution in [0.2, 0.25) is 0 Å². The van der Waals surface area contributed by atoms with Gasteiger partial charge in [0.2, 0.25) is 0 Å². The molecule has 0 bridgehead atoms. The fourth-order valence-electron chi connectivity index (χ4n) is 2.97. The molecule has 0 radical (unpaired) electrons. The minimum atomic E-state index is 0.233. The third-order valence-corrected chi connectivity index (χ3v) is 4.50. The lowest BCUT2D eigenvalue weighted by Gasteiger charge is -2.18. The van der Waals surface area contributed by atoms with E-state index in [0.29, 0.717) is 5.92 Å². The Morgan fingerprint density at radius 3 is 2.79 bits per heavy atom. The quantitative estimate of drug-likeness (QED) is 0.895. The van der Waals surface area contributed by atoms with Gasteiger partial charge in [0.05, 0.1) is 11.2 Å². The van der Waals surface area contributed by atoms with E-state index < -0.39 is 0 Å². The van der Waals surface area contributed by atoms with Gasteiger partial charge >= 0.3 is 0 Å². The zero-order valence-corrected chi connectivity index (χ0v) is 11.8. The lowest BCUT2D eigenvalue weighted by atomic mass is 9.93. The standard InChI is InChI=1S/C16H23N3/c1-3-19-16-7-5-4-6-13(16)15(18-19)10-14(17)11(2)12-8-9-12/h4-7,11-12,14H,3,8-10,17H2,1-2H3. The first-order chi connectivity index (χ1) is 9.20. The minimum absolute atomic E-state index is 0.233. The highest BCUT2D eigenvalue weighted by Gasteiger charge is 2.32. The van der Waals surface area contributed by atoms with E-state index in [4.69, 9.17) is 10.8 Å². The molecule has 1 heterocycles. The van der Waals surface area contributed by atoms with E-state index in [0.717, 1.165) is 24.6 Å². The van der Waals surface area contributed by atoms with Crippen LogP contribution in [0.5, 0.6) is 0 Å². The number of hydrogen-bond donors (Lipinski definition) is 1. The Balaban J connectivity index is 1.87. The van der Waals surface area contributed by atoms with E-state index in [1.807, 2.05) is 0 Å². The molecule has 2 atom stereocenters. The molecule has 0 spiro atoms. The fraction of sp³-hybridized carbons (Fsp3) is 0.562. The highest BCUT2D eigenvalue weighted by atomic mass is 15.3. The molecule has 0 saturated heterocycles. The average molecular weight is 257 g/mol. The highest BCUT2D eigenvalue weighted by molar-refractivity contribution is 5.82. The number of benzene rings is 1.